The Kier molecular flexibility index (Phi) is 6.38. The molecular formula is C22H21N5O2S3. The van der Waals surface area contributed by atoms with Crippen LogP contribution in [0, 0.1) is 13.8 Å². The SMILES string of the molecule is Cc1ccccc1NC(=S)Nc1ccc(S(=O)(=O)NNc2nc3ccccc3s2)cc1C. The lowest BCUT2D eigenvalue weighted by Gasteiger charge is -2.15. The number of benzene rings is 3. The first kappa shape index (κ1) is 22.2. The summed E-state index contributed by atoms with van der Waals surface area (Å²) >= 11 is 6.76. The first-order valence-electron chi connectivity index (χ1n) is 9.69. The van der Waals surface area contributed by atoms with Crippen LogP contribution in [0.5, 0.6) is 0 Å². The third-order valence-electron chi connectivity index (χ3n) is 4.74. The van der Waals surface area contributed by atoms with E-state index in [4.69, 9.17) is 12.2 Å². The van der Waals surface area contributed by atoms with Gasteiger partial charge in [0.2, 0.25) is 0 Å². The van der Waals surface area contributed by atoms with Crippen molar-refractivity contribution in [3.63, 3.8) is 0 Å². The van der Waals surface area contributed by atoms with Gasteiger partial charge >= 0.3 is 0 Å². The highest BCUT2D eigenvalue weighted by molar-refractivity contribution is 7.89. The summed E-state index contributed by atoms with van der Waals surface area (Å²) < 4.78 is 26.4. The number of thiocarbonyl (C=S) groups is 1. The zero-order valence-corrected chi connectivity index (χ0v) is 19.8. The van der Waals surface area contributed by atoms with Gasteiger partial charge in [0.1, 0.15) is 0 Å². The van der Waals surface area contributed by atoms with Gasteiger partial charge in [0, 0.05) is 11.4 Å². The van der Waals surface area contributed by atoms with Gasteiger partial charge in [0.15, 0.2) is 10.2 Å². The van der Waals surface area contributed by atoms with Gasteiger partial charge in [-0.1, -0.05) is 41.7 Å². The molecular weight excluding hydrogens is 462 g/mol. The molecule has 1 aromatic heterocycles. The fourth-order valence-electron chi connectivity index (χ4n) is 3.03. The van der Waals surface area contributed by atoms with Gasteiger partial charge in [0.05, 0.1) is 15.1 Å². The molecule has 0 aliphatic rings. The Morgan fingerprint density at radius 1 is 0.906 bits per heavy atom. The van der Waals surface area contributed by atoms with Crippen LogP contribution in [-0.2, 0) is 10.0 Å². The van der Waals surface area contributed by atoms with Crippen LogP contribution in [0.15, 0.2) is 71.6 Å². The fourth-order valence-corrected chi connectivity index (χ4v) is 5.06. The van der Waals surface area contributed by atoms with Crippen LogP contribution < -0.4 is 20.9 Å². The number of fused-ring (bicyclic) bond motifs is 1. The Balaban J connectivity index is 1.43. The molecule has 4 aromatic rings. The zero-order valence-electron chi connectivity index (χ0n) is 17.3. The average Bonchev–Trinajstić information content (AvgIpc) is 3.18. The second-order valence-corrected chi connectivity index (χ2v) is 10.2. The van der Waals surface area contributed by atoms with Gasteiger partial charge in [0.25, 0.3) is 10.0 Å². The Labute approximate surface area is 195 Å². The van der Waals surface area contributed by atoms with Crippen molar-refractivity contribution in [1.29, 1.82) is 0 Å². The van der Waals surface area contributed by atoms with E-state index >= 15 is 0 Å². The maximum atomic E-state index is 12.7. The molecule has 0 saturated carbocycles. The summed E-state index contributed by atoms with van der Waals surface area (Å²) in [5, 5.41) is 7.17. The second kappa shape index (κ2) is 9.21. The molecule has 0 spiro atoms. The summed E-state index contributed by atoms with van der Waals surface area (Å²) in [6, 6.07) is 20.2. The molecule has 0 unspecified atom stereocenters. The summed E-state index contributed by atoms with van der Waals surface area (Å²) in [5.74, 6) is 0. The Morgan fingerprint density at radius 3 is 2.31 bits per heavy atom. The van der Waals surface area contributed by atoms with Crippen molar-refractivity contribution < 1.29 is 8.42 Å². The van der Waals surface area contributed by atoms with Gasteiger partial charge < -0.3 is 10.6 Å². The molecule has 7 nitrogen and oxygen atoms in total. The summed E-state index contributed by atoms with van der Waals surface area (Å²) in [7, 11) is -3.79. The number of nitrogens with zero attached hydrogens (tertiary/aromatic N) is 1. The highest BCUT2D eigenvalue weighted by Crippen LogP contribution is 2.25. The van der Waals surface area contributed by atoms with E-state index < -0.39 is 10.0 Å². The summed E-state index contributed by atoms with van der Waals surface area (Å²) in [4.78, 5) is 6.89. The third kappa shape index (κ3) is 5.05. The van der Waals surface area contributed by atoms with Crippen molar-refractivity contribution in [1.82, 2.24) is 9.82 Å². The molecule has 164 valence electrons. The summed E-state index contributed by atoms with van der Waals surface area (Å²) in [6.07, 6.45) is 0. The predicted octanol–water partition coefficient (Wildman–Crippen LogP) is 5.03. The first-order chi connectivity index (χ1) is 15.3. The first-order valence-corrected chi connectivity index (χ1v) is 12.4. The van der Waals surface area contributed by atoms with Crippen LogP contribution in [0.3, 0.4) is 0 Å². The van der Waals surface area contributed by atoms with Gasteiger partial charge in [-0.05, 0) is 73.6 Å². The van der Waals surface area contributed by atoms with E-state index in [1.54, 1.807) is 12.1 Å². The lowest BCUT2D eigenvalue weighted by molar-refractivity contribution is 0.587. The molecule has 0 amide bonds. The number of aromatic nitrogens is 1. The number of sulfonamides is 1. The van der Waals surface area contributed by atoms with Crippen LogP contribution in [0.2, 0.25) is 0 Å². The molecule has 0 saturated heterocycles. The molecule has 0 aliphatic carbocycles. The minimum Gasteiger partial charge on any atom is -0.332 e. The number of anilines is 3. The molecule has 4 rings (SSSR count). The number of aryl methyl sites for hydroxylation is 2. The van der Waals surface area contributed by atoms with Crippen molar-refractivity contribution in [2.45, 2.75) is 18.7 Å². The Hall–Kier alpha value is -3.05. The third-order valence-corrected chi connectivity index (χ3v) is 7.14. The van der Waals surface area contributed by atoms with Gasteiger partial charge in [-0.2, -0.15) is 0 Å². The molecule has 0 radical (unpaired) electrons. The molecule has 4 N–H and O–H groups in total. The Bertz CT molecular complexity index is 1370. The maximum absolute atomic E-state index is 12.7. The summed E-state index contributed by atoms with van der Waals surface area (Å²) in [5.41, 5.74) is 6.94. The fraction of sp³-hybridized carbons (Fsp3) is 0.0909. The average molecular weight is 484 g/mol. The molecule has 32 heavy (non-hydrogen) atoms. The van der Waals surface area contributed by atoms with Crippen molar-refractivity contribution >= 4 is 65.4 Å². The lowest BCUT2D eigenvalue weighted by atomic mass is 10.2. The number of rotatable bonds is 6. The zero-order chi connectivity index (χ0) is 22.7. The predicted molar refractivity (Wildman–Crippen MR) is 136 cm³/mol. The minimum absolute atomic E-state index is 0.131. The summed E-state index contributed by atoms with van der Waals surface area (Å²) in [6.45, 7) is 3.81. The van der Waals surface area contributed by atoms with Crippen LogP contribution >= 0.6 is 23.6 Å². The van der Waals surface area contributed by atoms with E-state index in [0.717, 1.165) is 27.0 Å². The molecule has 0 fully saturated rings. The van der Waals surface area contributed by atoms with E-state index in [-0.39, 0.29) is 4.90 Å². The van der Waals surface area contributed by atoms with E-state index in [1.807, 2.05) is 62.4 Å². The minimum atomic E-state index is -3.79. The monoisotopic (exact) mass is 483 g/mol. The quantitative estimate of drug-likeness (QED) is 0.226. The van der Waals surface area contributed by atoms with E-state index in [9.17, 15) is 8.42 Å². The molecule has 0 bridgehead atoms. The van der Waals surface area contributed by atoms with E-state index in [1.165, 1.54) is 17.4 Å². The highest BCUT2D eigenvalue weighted by Gasteiger charge is 2.16. The van der Waals surface area contributed by atoms with E-state index in [2.05, 4.69) is 25.9 Å². The molecule has 10 heteroatoms. The normalized spacial score (nSPS) is 11.3. The van der Waals surface area contributed by atoms with Crippen molar-refractivity contribution in [3.05, 3.63) is 77.9 Å². The highest BCUT2D eigenvalue weighted by atomic mass is 32.2. The molecule has 0 atom stereocenters. The number of nitrogens with one attached hydrogen (secondary N) is 4. The molecule has 3 aromatic carbocycles. The van der Waals surface area contributed by atoms with Crippen LogP contribution in [-0.4, -0.2) is 18.5 Å². The second-order valence-electron chi connectivity index (χ2n) is 7.09. The lowest BCUT2D eigenvalue weighted by Crippen LogP contribution is -2.29. The van der Waals surface area contributed by atoms with Gasteiger partial charge in [-0.25, -0.2) is 13.4 Å². The van der Waals surface area contributed by atoms with Crippen LogP contribution in [0.1, 0.15) is 11.1 Å². The van der Waals surface area contributed by atoms with Gasteiger partial charge in [-0.15, -0.1) is 4.83 Å². The van der Waals surface area contributed by atoms with E-state index in [0.29, 0.717) is 15.9 Å². The largest absolute Gasteiger partial charge is 0.332 e. The van der Waals surface area contributed by atoms with Crippen molar-refractivity contribution in [3.8, 4) is 0 Å². The number of hydrogen-bond donors (Lipinski definition) is 4. The van der Waals surface area contributed by atoms with Crippen molar-refractivity contribution in [2.24, 2.45) is 0 Å². The molecule has 1 heterocycles. The number of thiazole rings is 1. The maximum Gasteiger partial charge on any atom is 0.257 e. The Morgan fingerprint density at radius 2 is 1.59 bits per heavy atom. The standard InChI is InChI=1S/C22H21N5O2S3/c1-14-7-3-4-8-17(14)23-21(30)24-18-12-11-16(13-15(18)2)32(28,29)27-26-22-25-19-9-5-6-10-20(19)31-22/h3-13,27H,1-2H3,(H,25,26)(H2,23,24,30). The number of hydrazine groups is 1. The smallest absolute Gasteiger partial charge is 0.257 e. The number of hydrogen-bond acceptors (Lipinski definition) is 6. The van der Waals surface area contributed by atoms with Crippen molar-refractivity contribution in [2.75, 3.05) is 16.1 Å². The van der Waals surface area contributed by atoms with Crippen LogP contribution in [0.4, 0.5) is 16.5 Å². The number of para-hydroxylation sites is 2. The van der Waals surface area contributed by atoms with Gasteiger partial charge in [-0.3, -0.25) is 5.43 Å². The van der Waals surface area contributed by atoms with Crippen LogP contribution in [0.25, 0.3) is 10.2 Å². The topological polar surface area (TPSA) is 95.1 Å². The molecule has 0 aliphatic heterocycles.